The first kappa shape index (κ1) is 41.4. The molecule has 1 amide bonds. The zero-order valence-corrected chi connectivity index (χ0v) is 30.4. The molecule has 260 valence electrons. The van der Waals surface area contributed by atoms with Gasteiger partial charge in [-0.2, -0.15) is 0 Å². The van der Waals surface area contributed by atoms with Crippen molar-refractivity contribution in [1.29, 1.82) is 0 Å². The highest BCUT2D eigenvalue weighted by Gasteiger charge is 2.52. The Hall–Kier alpha value is -3.67. The Morgan fingerprint density at radius 1 is 1.00 bits per heavy atom. The highest BCUT2D eigenvalue weighted by molar-refractivity contribution is 6.63. The molecular weight excluding hydrogens is 599 g/mol. The van der Waals surface area contributed by atoms with Crippen molar-refractivity contribution < 1.29 is 37.9 Å². The number of ether oxygens (including phenoxy) is 3. The van der Waals surface area contributed by atoms with Gasteiger partial charge in [-0.3, -0.25) is 9.69 Å². The first-order valence-electron chi connectivity index (χ1n) is 15.6. The smallest absolute Gasteiger partial charge is 0.497 e. The average molecular weight is 655 g/mol. The van der Waals surface area contributed by atoms with E-state index in [1.54, 1.807) is 41.7 Å². The lowest BCUT2D eigenvalue weighted by molar-refractivity contribution is -0.129. The molecule has 0 aliphatic carbocycles. The highest BCUT2D eigenvalue weighted by atomic mass is 16.7. The zero-order valence-electron chi connectivity index (χ0n) is 30.4. The molecular formula is C36H55BN2O8. The number of hydrogen-bond acceptors (Lipinski definition) is 9. The number of hydrogen-bond donors (Lipinski definition) is 1. The minimum Gasteiger partial charge on any atom is -0.497 e. The van der Waals surface area contributed by atoms with Gasteiger partial charge in [0.05, 0.1) is 18.3 Å². The van der Waals surface area contributed by atoms with E-state index < -0.39 is 17.2 Å². The largest absolute Gasteiger partial charge is 0.498 e. The van der Waals surface area contributed by atoms with E-state index in [1.165, 1.54) is 17.5 Å². The van der Waals surface area contributed by atoms with Crippen molar-refractivity contribution in [3.8, 4) is 5.75 Å². The Morgan fingerprint density at radius 3 is 2.02 bits per heavy atom. The van der Waals surface area contributed by atoms with Crippen LogP contribution in [0.2, 0.25) is 0 Å². The second-order valence-electron chi connectivity index (χ2n) is 13.5. The topological polar surface area (TPSA) is 113 Å². The summed E-state index contributed by atoms with van der Waals surface area (Å²) < 4.78 is 27.5. The van der Waals surface area contributed by atoms with Gasteiger partial charge in [-0.05, 0) is 105 Å². The lowest BCUT2D eigenvalue weighted by Crippen LogP contribution is -2.50. The van der Waals surface area contributed by atoms with Gasteiger partial charge >= 0.3 is 13.2 Å². The molecule has 3 rings (SSSR count). The first-order chi connectivity index (χ1) is 21.8. The van der Waals surface area contributed by atoms with Crippen LogP contribution in [0, 0.1) is 0 Å². The van der Waals surface area contributed by atoms with Crippen LogP contribution in [-0.4, -0.2) is 81.0 Å². The van der Waals surface area contributed by atoms with Gasteiger partial charge < -0.3 is 33.6 Å². The molecule has 11 heteroatoms. The third-order valence-electron chi connectivity index (χ3n) is 8.08. The summed E-state index contributed by atoms with van der Waals surface area (Å²) in [6.45, 7) is 22.4. The van der Waals surface area contributed by atoms with Gasteiger partial charge in [0, 0.05) is 12.5 Å². The number of rotatable bonds is 11. The fourth-order valence-electron chi connectivity index (χ4n) is 4.05. The second kappa shape index (κ2) is 18.0. The van der Waals surface area contributed by atoms with E-state index in [2.05, 4.69) is 56.5 Å². The van der Waals surface area contributed by atoms with Crippen molar-refractivity contribution in [3.05, 3.63) is 71.8 Å². The predicted molar refractivity (Wildman–Crippen MR) is 187 cm³/mol. The van der Waals surface area contributed by atoms with E-state index in [-0.39, 0.29) is 18.3 Å². The molecule has 2 aromatic carbocycles. The molecule has 1 N–H and O–H groups in total. The number of carbonyl (C=O) groups is 3. The predicted octanol–water partition coefficient (Wildman–Crippen LogP) is 5.50. The number of carbonyl (C=O) groups excluding carboxylic acids is 3. The summed E-state index contributed by atoms with van der Waals surface area (Å²) in [4.78, 5) is 33.9. The van der Waals surface area contributed by atoms with Crippen LogP contribution < -0.4 is 15.5 Å². The molecule has 47 heavy (non-hydrogen) atoms. The number of nitrogens with zero attached hydrogens (tertiary/aromatic N) is 1. The van der Waals surface area contributed by atoms with Gasteiger partial charge in [0.25, 0.3) is 6.47 Å². The minimum atomic E-state index is -1.03. The third-order valence-corrected chi connectivity index (χ3v) is 8.08. The number of methoxy groups -OCH3 is 1. The Kier molecular flexibility index (Phi) is 15.9. The van der Waals surface area contributed by atoms with Crippen LogP contribution in [0.5, 0.6) is 5.75 Å². The third kappa shape index (κ3) is 12.5. The van der Waals surface area contributed by atoms with E-state index in [4.69, 9.17) is 18.8 Å². The van der Waals surface area contributed by atoms with E-state index in [1.807, 2.05) is 43.4 Å². The summed E-state index contributed by atoms with van der Waals surface area (Å²) >= 11 is 0. The molecule has 1 fully saturated rings. The molecule has 1 aliphatic heterocycles. The molecule has 10 nitrogen and oxygen atoms in total. The second-order valence-corrected chi connectivity index (χ2v) is 13.5. The van der Waals surface area contributed by atoms with Crippen LogP contribution in [0.3, 0.4) is 0 Å². The van der Waals surface area contributed by atoms with Crippen molar-refractivity contribution in [1.82, 2.24) is 10.2 Å². The number of amides is 1. The Morgan fingerprint density at radius 2 is 1.57 bits per heavy atom. The normalized spacial score (nSPS) is 15.8. The molecule has 1 aliphatic rings. The van der Waals surface area contributed by atoms with E-state index in [0.717, 1.165) is 29.7 Å². The van der Waals surface area contributed by atoms with Gasteiger partial charge in [-0.1, -0.05) is 49.0 Å². The first-order valence-corrected chi connectivity index (χ1v) is 15.6. The molecule has 0 radical (unpaired) electrons. The fraction of sp³-hybridized carbons (Fsp3) is 0.528. The van der Waals surface area contributed by atoms with Gasteiger partial charge in [-0.25, -0.2) is 4.79 Å². The standard InChI is InChI=1S/C16H26BNO3.C12H21NO3.C8H8O2/c1-15(2)16(3,4)21-17(20-15)13-11-12(9-10-18-5)7-8-14(13)19-6;1-9(2)12(6,8-14)13(7)10(15)16-11(3,4)5;9-7-10-6-8-4-2-1-3-5-8/h7-8,11,18H,9-10H2,1-6H3;8H,1H2,2-7H3;1-5,7H,6H2. The van der Waals surface area contributed by atoms with Crippen LogP contribution in [0.4, 0.5) is 4.79 Å². The number of benzene rings is 2. The van der Waals surface area contributed by atoms with Crippen LogP contribution >= 0.6 is 0 Å². The number of aldehydes is 1. The zero-order chi connectivity index (χ0) is 36.1. The number of likely N-dealkylation sites (N-methyl/N-ethyl adjacent to an activating group) is 2. The van der Waals surface area contributed by atoms with Crippen molar-refractivity contribution >= 4 is 31.4 Å². The van der Waals surface area contributed by atoms with Crippen molar-refractivity contribution in [2.24, 2.45) is 0 Å². The summed E-state index contributed by atoms with van der Waals surface area (Å²) in [5.41, 5.74) is 1.52. The van der Waals surface area contributed by atoms with Crippen LogP contribution in [0.25, 0.3) is 0 Å². The lowest BCUT2D eigenvalue weighted by atomic mass is 9.77. The summed E-state index contributed by atoms with van der Waals surface area (Å²) in [6.07, 6.45) is 1.12. The van der Waals surface area contributed by atoms with E-state index in [9.17, 15) is 14.4 Å². The minimum absolute atomic E-state index is 0.344. The van der Waals surface area contributed by atoms with Crippen LogP contribution in [0.15, 0.2) is 60.7 Å². The molecule has 0 spiro atoms. The Labute approximate surface area is 282 Å². The molecule has 2 aromatic rings. The summed E-state index contributed by atoms with van der Waals surface area (Å²) in [6, 6.07) is 15.7. The molecule has 0 bridgehead atoms. The van der Waals surface area contributed by atoms with Gasteiger partial charge in [-0.15, -0.1) is 0 Å². The summed E-state index contributed by atoms with van der Waals surface area (Å²) in [5, 5.41) is 3.17. The molecule has 1 saturated heterocycles. The van der Waals surface area contributed by atoms with Gasteiger partial charge in [0.2, 0.25) is 0 Å². The number of nitrogens with one attached hydrogen (secondary N) is 1. The lowest BCUT2D eigenvalue weighted by Gasteiger charge is -2.35. The summed E-state index contributed by atoms with van der Waals surface area (Å²) in [7, 11) is 4.77. The van der Waals surface area contributed by atoms with E-state index in [0.29, 0.717) is 24.9 Å². The SMILES string of the molecule is C=C(C)C(C)(C=O)N(C)C(=O)OC(C)(C)C.CNCCc1ccc(OC)c(B2OC(C)(C)C(C)(C)O2)c1.O=COCc1ccccc1. The molecule has 0 saturated carbocycles. The van der Waals surface area contributed by atoms with E-state index >= 15 is 0 Å². The van der Waals surface area contributed by atoms with Crippen LogP contribution in [0.1, 0.15) is 73.4 Å². The van der Waals surface area contributed by atoms with Crippen LogP contribution in [-0.2, 0) is 41.4 Å². The Balaban J connectivity index is 0.000000376. The maximum Gasteiger partial charge on any atom is 0.498 e. The summed E-state index contributed by atoms with van der Waals surface area (Å²) in [5.74, 6) is 0.807. The maximum absolute atomic E-state index is 11.8. The highest BCUT2D eigenvalue weighted by Crippen LogP contribution is 2.37. The molecule has 1 atom stereocenters. The fourth-order valence-corrected chi connectivity index (χ4v) is 4.05. The maximum atomic E-state index is 11.8. The average Bonchev–Trinajstić information content (AvgIpc) is 3.24. The van der Waals surface area contributed by atoms with Crippen molar-refractivity contribution in [2.75, 3.05) is 27.7 Å². The van der Waals surface area contributed by atoms with Gasteiger partial charge in [0.1, 0.15) is 29.8 Å². The van der Waals surface area contributed by atoms with Crippen molar-refractivity contribution in [3.63, 3.8) is 0 Å². The molecule has 1 unspecified atom stereocenters. The van der Waals surface area contributed by atoms with Gasteiger partial charge in [0.15, 0.2) is 0 Å². The molecule has 1 heterocycles. The quantitative estimate of drug-likeness (QED) is 0.191. The molecule has 0 aromatic heterocycles. The van der Waals surface area contributed by atoms with Crippen molar-refractivity contribution in [2.45, 2.75) is 97.7 Å². The Bertz CT molecular complexity index is 1290. The monoisotopic (exact) mass is 654 g/mol.